The SMILES string of the molecule is c1cnc2ccc(C3CS3)cc2c1. The molecule has 2 heterocycles. The molecule has 1 unspecified atom stereocenters. The van der Waals surface area contributed by atoms with Crippen LogP contribution in [0.15, 0.2) is 36.5 Å². The Morgan fingerprint density at radius 1 is 1.31 bits per heavy atom. The quantitative estimate of drug-likeness (QED) is 0.636. The number of hydrogen-bond acceptors (Lipinski definition) is 2. The molecular weight excluding hydrogens is 178 g/mol. The van der Waals surface area contributed by atoms with Gasteiger partial charge in [-0.2, -0.15) is 11.8 Å². The van der Waals surface area contributed by atoms with Gasteiger partial charge in [0.25, 0.3) is 0 Å². The molecule has 0 N–H and O–H groups in total. The number of pyridine rings is 1. The highest BCUT2D eigenvalue weighted by Gasteiger charge is 2.24. The summed E-state index contributed by atoms with van der Waals surface area (Å²) < 4.78 is 0. The standard InChI is InChI=1S/C11H9NS/c1-2-8-6-9(11-7-13-11)3-4-10(8)12-5-1/h1-6,11H,7H2. The third-order valence-electron chi connectivity index (χ3n) is 2.33. The summed E-state index contributed by atoms with van der Waals surface area (Å²) >= 11 is 2.01. The van der Waals surface area contributed by atoms with E-state index in [0.717, 1.165) is 10.8 Å². The first-order chi connectivity index (χ1) is 6.43. The van der Waals surface area contributed by atoms with Crippen molar-refractivity contribution in [1.29, 1.82) is 0 Å². The average molecular weight is 187 g/mol. The largest absolute Gasteiger partial charge is 0.256 e. The van der Waals surface area contributed by atoms with Gasteiger partial charge < -0.3 is 0 Å². The Hall–Kier alpha value is -1.02. The fourth-order valence-electron chi connectivity index (χ4n) is 1.53. The van der Waals surface area contributed by atoms with Gasteiger partial charge >= 0.3 is 0 Å². The van der Waals surface area contributed by atoms with Crippen LogP contribution in [0.2, 0.25) is 0 Å². The van der Waals surface area contributed by atoms with Crippen molar-refractivity contribution in [2.75, 3.05) is 5.75 Å². The summed E-state index contributed by atoms with van der Waals surface area (Å²) in [5.41, 5.74) is 2.54. The molecule has 1 aromatic carbocycles. The van der Waals surface area contributed by atoms with E-state index < -0.39 is 0 Å². The smallest absolute Gasteiger partial charge is 0.0702 e. The van der Waals surface area contributed by atoms with E-state index in [9.17, 15) is 0 Å². The molecular formula is C11H9NS. The Bertz CT molecular complexity index is 449. The number of thioether (sulfide) groups is 1. The number of benzene rings is 1. The Balaban J connectivity index is 2.21. The molecule has 2 heteroatoms. The Kier molecular flexibility index (Phi) is 1.56. The second kappa shape index (κ2) is 2.74. The maximum atomic E-state index is 4.30. The lowest BCUT2D eigenvalue weighted by molar-refractivity contribution is 1.23. The second-order valence-electron chi connectivity index (χ2n) is 3.28. The van der Waals surface area contributed by atoms with Crippen LogP contribution in [-0.4, -0.2) is 10.7 Å². The topological polar surface area (TPSA) is 12.9 Å². The molecule has 0 bridgehead atoms. The second-order valence-corrected chi connectivity index (χ2v) is 4.51. The zero-order valence-corrected chi connectivity index (χ0v) is 7.92. The van der Waals surface area contributed by atoms with Gasteiger partial charge in [0.15, 0.2) is 0 Å². The van der Waals surface area contributed by atoms with E-state index in [0.29, 0.717) is 0 Å². The molecule has 1 atom stereocenters. The summed E-state index contributed by atoms with van der Waals surface area (Å²) in [5.74, 6) is 1.28. The molecule has 0 saturated carbocycles. The van der Waals surface area contributed by atoms with E-state index in [1.165, 1.54) is 16.7 Å². The number of rotatable bonds is 1. The summed E-state index contributed by atoms with van der Waals surface area (Å²) in [7, 11) is 0. The monoisotopic (exact) mass is 187 g/mol. The Morgan fingerprint density at radius 2 is 2.23 bits per heavy atom. The molecule has 0 aliphatic carbocycles. The zero-order chi connectivity index (χ0) is 8.67. The van der Waals surface area contributed by atoms with Gasteiger partial charge in [0.2, 0.25) is 0 Å². The van der Waals surface area contributed by atoms with E-state index in [-0.39, 0.29) is 0 Å². The van der Waals surface area contributed by atoms with E-state index in [4.69, 9.17) is 0 Å². The van der Waals surface area contributed by atoms with Crippen LogP contribution >= 0.6 is 11.8 Å². The van der Waals surface area contributed by atoms with Crippen LogP contribution < -0.4 is 0 Å². The van der Waals surface area contributed by atoms with Crippen LogP contribution in [0.1, 0.15) is 10.8 Å². The molecule has 3 rings (SSSR count). The molecule has 0 spiro atoms. The van der Waals surface area contributed by atoms with Gasteiger partial charge in [-0.25, -0.2) is 0 Å². The van der Waals surface area contributed by atoms with Gasteiger partial charge in [0, 0.05) is 22.6 Å². The number of fused-ring (bicyclic) bond motifs is 1. The van der Waals surface area contributed by atoms with Gasteiger partial charge in [-0.3, -0.25) is 4.98 Å². The lowest BCUT2D eigenvalue weighted by Crippen LogP contribution is -1.81. The van der Waals surface area contributed by atoms with Crippen LogP contribution in [0.5, 0.6) is 0 Å². The highest BCUT2D eigenvalue weighted by molar-refractivity contribution is 8.06. The average Bonchev–Trinajstić information content (AvgIpc) is 3.00. The minimum absolute atomic E-state index is 0.754. The summed E-state index contributed by atoms with van der Waals surface area (Å²) in [6, 6.07) is 10.7. The third kappa shape index (κ3) is 1.31. The molecule has 0 amide bonds. The predicted molar refractivity (Wildman–Crippen MR) is 56.9 cm³/mol. The van der Waals surface area contributed by atoms with Crippen molar-refractivity contribution in [3.63, 3.8) is 0 Å². The normalized spacial score (nSPS) is 20.5. The van der Waals surface area contributed by atoms with Gasteiger partial charge in [0.1, 0.15) is 0 Å². The van der Waals surface area contributed by atoms with Crippen molar-refractivity contribution in [1.82, 2.24) is 4.98 Å². The number of aromatic nitrogens is 1. The van der Waals surface area contributed by atoms with Crippen molar-refractivity contribution < 1.29 is 0 Å². The van der Waals surface area contributed by atoms with Gasteiger partial charge in [-0.1, -0.05) is 12.1 Å². The molecule has 0 radical (unpaired) electrons. The van der Waals surface area contributed by atoms with Crippen LogP contribution in [0.25, 0.3) is 10.9 Å². The van der Waals surface area contributed by atoms with Crippen molar-refractivity contribution in [3.8, 4) is 0 Å². The Labute approximate surface area is 81.2 Å². The van der Waals surface area contributed by atoms with Crippen molar-refractivity contribution in [3.05, 3.63) is 42.1 Å². The summed E-state index contributed by atoms with van der Waals surface area (Å²) in [4.78, 5) is 4.30. The third-order valence-corrected chi connectivity index (χ3v) is 3.27. The summed E-state index contributed by atoms with van der Waals surface area (Å²) in [5, 5.41) is 2.01. The molecule has 2 aromatic rings. The van der Waals surface area contributed by atoms with Crippen molar-refractivity contribution in [2.45, 2.75) is 5.25 Å². The Morgan fingerprint density at radius 3 is 3.08 bits per heavy atom. The lowest BCUT2D eigenvalue weighted by Gasteiger charge is -1.99. The van der Waals surface area contributed by atoms with E-state index in [1.54, 1.807) is 0 Å². The minimum Gasteiger partial charge on any atom is -0.256 e. The maximum absolute atomic E-state index is 4.30. The lowest BCUT2D eigenvalue weighted by atomic mass is 10.1. The molecule has 1 aliphatic rings. The van der Waals surface area contributed by atoms with Crippen LogP contribution in [0, 0.1) is 0 Å². The highest BCUT2D eigenvalue weighted by atomic mass is 32.2. The number of hydrogen-bond donors (Lipinski definition) is 0. The van der Waals surface area contributed by atoms with E-state index >= 15 is 0 Å². The first-order valence-electron chi connectivity index (χ1n) is 4.40. The molecule has 1 saturated heterocycles. The molecule has 13 heavy (non-hydrogen) atoms. The molecule has 1 aliphatic heterocycles. The molecule has 1 nitrogen and oxygen atoms in total. The molecule has 1 fully saturated rings. The maximum Gasteiger partial charge on any atom is 0.0702 e. The zero-order valence-electron chi connectivity index (χ0n) is 7.10. The van der Waals surface area contributed by atoms with Gasteiger partial charge in [-0.15, -0.1) is 0 Å². The molecule has 1 aromatic heterocycles. The molecule has 64 valence electrons. The fraction of sp³-hybridized carbons (Fsp3) is 0.182. The predicted octanol–water partition coefficient (Wildman–Crippen LogP) is 3.02. The van der Waals surface area contributed by atoms with Gasteiger partial charge in [0.05, 0.1) is 5.52 Å². The minimum atomic E-state index is 0.754. The van der Waals surface area contributed by atoms with E-state index in [1.807, 2.05) is 24.0 Å². The van der Waals surface area contributed by atoms with Crippen molar-refractivity contribution in [2.24, 2.45) is 0 Å². The van der Waals surface area contributed by atoms with Crippen LogP contribution in [0.4, 0.5) is 0 Å². The highest BCUT2D eigenvalue weighted by Crippen LogP contribution is 2.46. The first-order valence-corrected chi connectivity index (χ1v) is 5.45. The van der Waals surface area contributed by atoms with E-state index in [2.05, 4.69) is 29.2 Å². The fourth-order valence-corrected chi connectivity index (χ4v) is 2.16. The summed E-state index contributed by atoms with van der Waals surface area (Å²) in [6.45, 7) is 0. The van der Waals surface area contributed by atoms with Gasteiger partial charge in [-0.05, 0) is 23.8 Å². The van der Waals surface area contributed by atoms with Crippen molar-refractivity contribution >= 4 is 22.7 Å². The first kappa shape index (κ1) is 7.39. The van der Waals surface area contributed by atoms with Crippen LogP contribution in [0.3, 0.4) is 0 Å². The number of nitrogens with zero attached hydrogens (tertiary/aromatic N) is 1. The van der Waals surface area contributed by atoms with Crippen LogP contribution in [-0.2, 0) is 0 Å². The summed E-state index contributed by atoms with van der Waals surface area (Å²) in [6.07, 6.45) is 1.84.